The van der Waals surface area contributed by atoms with Gasteiger partial charge in [-0.25, -0.2) is 0 Å². The Bertz CT molecular complexity index is 97.1. The topological polar surface area (TPSA) is 32.3 Å². The van der Waals surface area contributed by atoms with Crippen molar-refractivity contribution in [2.45, 2.75) is 32.4 Å². The van der Waals surface area contributed by atoms with Crippen molar-refractivity contribution in [2.75, 3.05) is 6.54 Å². The van der Waals surface area contributed by atoms with E-state index in [0.29, 0.717) is 5.92 Å². The Morgan fingerprint density at radius 3 is 2.44 bits per heavy atom. The third kappa shape index (κ3) is 2.33. The molecule has 0 saturated heterocycles. The van der Waals surface area contributed by atoms with Gasteiger partial charge in [0.1, 0.15) is 5.72 Å². The van der Waals surface area contributed by atoms with Crippen LogP contribution < -0.4 is 5.32 Å². The molecule has 0 aromatic carbocycles. The third-order valence-corrected chi connectivity index (χ3v) is 1.56. The van der Waals surface area contributed by atoms with Gasteiger partial charge in [-0.1, -0.05) is 13.8 Å². The number of hydrogen-bond donors (Lipinski definition) is 2. The summed E-state index contributed by atoms with van der Waals surface area (Å²) >= 11 is 0. The van der Waals surface area contributed by atoms with E-state index in [-0.39, 0.29) is 0 Å². The molecule has 1 aliphatic rings. The number of hydrogen-bond acceptors (Lipinski definition) is 2. The second kappa shape index (κ2) is 2.27. The van der Waals surface area contributed by atoms with Gasteiger partial charge in [0.15, 0.2) is 0 Å². The number of nitrogens with one attached hydrogen (secondary N) is 1. The molecule has 2 N–H and O–H groups in total. The van der Waals surface area contributed by atoms with E-state index in [4.69, 9.17) is 0 Å². The lowest BCUT2D eigenvalue weighted by atomic mass is 10.2. The van der Waals surface area contributed by atoms with Crippen molar-refractivity contribution < 1.29 is 5.11 Å². The summed E-state index contributed by atoms with van der Waals surface area (Å²) < 4.78 is 0. The summed E-state index contributed by atoms with van der Waals surface area (Å²) in [6.07, 6.45) is 1.86. The predicted molar refractivity (Wildman–Crippen MR) is 37.0 cm³/mol. The van der Waals surface area contributed by atoms with Crippen molar-refractivity contribution in [3.05, 3.63) is 0 Å². The summed E-state index contributed by atoms with van der Waals surface area (Å²) in [5, 5.41) is 12.4. The third-order valence-electron chi connectivity index (χ3n) is 1.56. The maximum atomic E-state index is 9.27. The van der Waals surface area contributed by atoms with Crippen LogP contribution in [0.1, 0.15) is 26.7 Å². The van der Waals surface area contributed by atoms with E-state index in [1.165, 1.54) is 0 Å². The highest BCUT2D eigenvalue weighted by atomic mass is 16.3. The van der Waals surface area contributed by atoms with E-state index >= 15 is 0 Å². The summed E-state index contributed by atoms with van der Waals surface area (Å²) in [4.78, 5) is 0. The Labute approximate surface area is 56.3 Å². The molecular weight excluding hydrogens is 114 g/mol. The van der Waals surface area contributed by atoms with Crippen LogP contribution in [0.5, 0.6) is 0 Å². The lowest BCUT2D eigenvalue weighted by Gasteiger charge is -2.11. The Balaban J connectivity index is 2.05. The van der Waals surface area contributed by atoms with Crippen molar-refractivity contribution in [1.29, 1.82) is 0 Å². The number of rotatable bonds is 3. The molecule has 0 spiro atoms. The minimum absolute atomic E-state index is 0.468. The van der Waals surface area contributed by atoms with Gasteiger partial charge in [0.05, 0.1) is 0 Å². The molecule has 0 heterocycles. The van der Waals surface area contributed by atoms with Gasteiger partial charge in [-0.05, 0) is 18.8 Å². The molecule has 0 aromatic heterocycles. The quantitative estimate of drug-likeness (QED) is 0.550. The van der Waals surface area contributed by atoms with Crippen molar-refractivity contribution in [2.24, 2.45) is 5.92 Å². The zero-order valence-electron chi connectivity index (χ0n) is 6.15. The van der Waals surface area contributed by atoms with Crippen LogP contribution >= 0.6 is 0 Å². The normalized spacial score (nSPS) is 22.7. The van der Waals surface area contributed by atoms with Gasteiger partial charge in [-0.15, -0.1) is 0 Å². The number of aliphatic hydroxyl groups is 1. The molecule has 0 unspecified atom stereocenters. The van der Waals surface area contributed by atoms with Crippen LogP contribution in [0.4, 0.5) is 0 Å². The van der Waals surface area contributed by atoms with Crippen LogP contribution in [-0.4, -0.2) is 17.4 Å². The Morgan fingerprint density at radius 2 is 2.11 bits per heavy atom. The summed E-state index contributed by atoms with van der Waals surface area (Å²) in [7, 11) is 0. The van der Waals surface area contributed by atoms with Gasteiger partial charge in [0.25, 0.3) is 0 Å². The molecule has 0 aliphatic heterocycles. The summed E-state index contributed by atoms with van der Waals surface area (Å²) in [6, 6.07) is 0. The first-order valence-corrected chi connectivity index (χ1v) is 3.60. The molecule has 9 heavy (non-hydrogen) atoms. The molecular formula is C7H15NO. The first-order valence-electron chi connectivity index (χ1n) is 3.60. The molecule has 0 radical (unpaired) electrons. The van der Waals surface area contributed by atoms with Crippen LogP contribution in [0.2, 0.25) is 0 Å². The Morgan fingerprint density at radius 1 is 1.56 bits per heavy atom. The minimum Gasteiger partial charge on any atom is -0.376 e. The zero-order chi connectivity index (χ0) is 6.91. The van der Waals surface area contributed by atoms with Gasteiger partial charge in [0.2, 0.25) is 0 Å². The fourth-order valence-corrected chi connectivity index (χ4v) is 0.689. The van der Waals surface area contributed by atoms with Crippen molar-refractivity contribution >= 4 is 0 Å². The second-order valence-electron chi connectivity index (χ2n) is 3.31. The van der Waals surface area contributed by atoms with Gasteiger partial charge in [-0.3, -0.25) is 5.32 Å². The highest BCUT2D eigenvalue weighted by Crippen LogP contribution is 2.31. The lowest BCUT2D eigenvalue weighted by Crippen LogP contribution is -2.33. The van der Waals surface area contributed by atoms with E-state index < -0.39 is 5.72 Å². The Hall–Kier alpha value is -0.0800. The largest absolute Gasteiger partial charge is 0.376 e. The standard InChI is InChI=1S/C7H15NO/c1-6(2)5-8-7(9)3-4-7/h6,8-9H,3-5H2,1-2H3. The van der Waals surface area contributed by atoms with Crippen LogP contribution in [0.3, 0.4) is 0 Å². The Kier molecular flexibility index (Phi) is 1.78. The van der Waals surface area contributed by atoms with Crippen molar-refractivity contribution in [1.82, 2.24) is 5.32 Å². The fourth-order valence-electron chi connectivity index (χ4n) is 0.689. The summed E-state index contributed by atoms with van der Waals surface area (Å²) in [6.45, 7) is 5.20. The van der Waals surface area contributed by atoms with Crippen molar-refractivity contribution in [3.63, 3.8) is 0 Å². The summed E-state index contributed by atoms with van der Waals surface area (Å²) in [5.41, 5.74) is -0.468. The smallest absolute Gasteiger partial charge is 0.116 e. The van der Waals surface area contributed by atoms with Gasteiger partial charge < -0.3 is 5.11 Å². The highest BCUT2D eigenvalue weighted by molar-refractivity contribution is 4.90. The summed E-state index contributed by atoms with van der Waals surface area (Å²) in [5.74, 6) is 0.634. The molecule has 0 aromatic rings. The highest BCUT2D eigenvalue weighted by Gasteiger charge is 2.39. The molecule has 1 rings (SSSR count). The molecule has 2 nitrogen and oxygen atoms in total. The zero-order valence-corrected chi connectivity index (χ0v) is 6.15. The van der Waals surface area contributed by atoms with Gasteiger partial charge in [0, 0.05) is 6.54 Å². The van der Waals surface area contributed by atoms with Crippen LogP contribution in [0.15, 0.2) is 0 Å². The molecule has 0 amide bonds. The van der Waals surface area contributed by atoms with E-state index in [0.717, 1.165) is 19.4 Å². The molecule has 54 valence electrons. The molecule has 1 aliphatic carbocycles. The fraction of sp³-hybridized carbons (Fsp3) is 1.00. The van der Waals surface area contributed by atoms with Gasteiger partial charge in [-0.2, -0.15) is 0 Å². The monoisotopic (exact) mass is 129 g/mol. The van der Waals surface area contributed by atoms with E-state index in [2.05, 4.69) is 19.2 Å². The van der Waals surface area contributed by atoms with Gasteiger partial charge >= 0.3 is 0 Å². The predicted octanol–water partition coefficient (Wildman–Crippen LogP) is 0.714. The molecule has 0 atom stereocenters. The average molecular weight is 129 g/mol. The molecule has 0 bridgehead atoms. The molecule has 1 fully saturated rings. The maximum Gasteiger partial charge on any atom is 0.116 e. The SMILES string of the molecule is CC(C)CNC1(O)CC1. The van der Waals surface area contributed by atoms with E-state index in [1.807, 2.05) is 0 Å². The van der Waals surface area contributed by atoms with E-state index in [9.17, 15) is 5.11 Å². The van der Waals surface area contributed by atoms with Crippen LogP contribution in [0.25, 0.3) is 0 Å². The van der Waals surface area contributed by atoms with Crippen LogP contribution in [0, 0.1) is 5.92 Å². The maximum absolute atomic E-state index is 9.27. The first kappa shape index (κ1) is 7.03. The average Bonchev–Trinajstić information content (AvgIpc) is 2.45. The molecule has 1 saturated carbocycles. The van der Waals surface area contributed by atoms with Crippen LogP contribution in [-0.2, 0) is 0 Å². The minimum atomic E-state index is -0.468. The lowest BCUT2D eigenvalue weighted by molar-refractivity contribution is 0.108. The van der Waals surface area contributed by atoms with E-state index in [1.54, 1.807) is 0 Å². The molecule has 2 heteroatoms. The van der Waals surface area contributed by atoms with Crippen molar-refractivity contribution in [3.8, 4) is 0 Å². The second-order valence-corrected chi connectivity index (χ2v) is 3.31. The first-order chi connectivity index (χ1) is 4.12.